The van der Waals surface area contributed by atoms with E-state index in [2.05, 4.69) is 17.0 Å². The lowest BCUT2D eigenvalue weighted by atomic mass is 10.1. The second-order valence-corrected chi connectivity index (χ2v) is 5.76. The van der Waals surface area contributed by atoms with Crippen LogP contribution in [0.3, 0.4) is 0 Å². The molecule has 2 aromatic rings. The largest absolute Gasteiger partial charge is 0.508 e. The van der Waals surface area contributed by atoms with E-state index < -0.39 is 0 Å². The molecule has 3 rings (SSSR count). The highest BCUT2D eigenvalue weighted by Crippen LogP contribution is 2.24. The molecule has 0 atom stereocenters. The van der Waals surface area contributed by atoms with Crippen molar-refractivity contribution in [3.05, 3.63) is 59.7 Å². The summed E-state index contributed by atoms with van der Waals surface area (Å²) in [6.07, 6.45) is 0. The summed E-state index contributed by atoms with van der Waals surface area (Å²) in [5, 5.41) is 19.1. The normalized spacial score (nSPS) is 15.6. The van der Waals surface area contributed by atoms with E-state index in [1.54, 1.807) is 4.90 Å². The summed E-state index contributed by atoms with van der Waals surface area (Å²) < 4.78 is 0. The highest BCUT2D eigenvalue weighted by Gasteiger charge is 2.24. The molecule has 0 saturated carbocycles. The van der Waals surface area contributed by atoms with Crippen molar-refractivity contribution in [2.75, 3.05) is 26.2 Å². The number of benzene rings is 2. The van der Waals surface area contributed by atoms with Gasteiger partial charge in [-0.15, -0.1) is 0 Å². The predicted molar refractivity (Wildman–Crippen MR) is 87.4 cm³/mol. The van der Waals surface area contributed by atoms with Gasteiger partial charge in [-0.3, -0.25) is 9.69 Å². The summed E-state index contributed by atoms with van der Waals surface area (Å²) in [7, 11) is 0. The van der Waals surface area contributed by atoms with Gasteiger partial charge in [-0.05, 0) is 17.7 Å². The first-order valence-electron chi connectivity index (χ1n) is 7.71. The quantitative estimate of drug-likeness (QED) is 0.910. The second-order valence-electron chi connectivity index (χ2n) is 5.76. The third kappa shape index (κ3) is 3.63. The minimum absolute atomic E-state index is 0.0493. The van der Waals surface area contributed by atoms with E-state index >= 15 is 0 Å². The molecule has 5 heteroatoms. The minimum atomic E-state index is -0.193. The molecule has 1 saturated heterocycles. The first kappa shape index (κ1) is 15.4. The monoisotopic (exact) mass is 312 g/mol. The molecule has 23 heavy (non-hydrogen) atoms. The van der Waals surface area contributed by atoms with Crippen LogP contribution in [0, 0.1) is 0 Å². The predicted octanol–water partition coefficient (Wildman–Crippen LogP) is 2.06. The van der Waals surface area contributed by atoms with Crippen LogP contribution in [-0.4, -0.2) is 52.1 Å². The van der Waals surface area contributed by atoms with Crippen LogP contribution in [-0.2, 0) is 6.54 Å². The van der Waals surface area contributed by atoms with Gasteiger partial charge in [0.05, 0.1) is 5.56 Å². The molecule has 0 spiro atoms. The van der Waals surface area contributed by atoms with Crippen molar-refractivity contribution in [2.45, 2.75) is 6.54 Å². The van der Waals surface area contributed by atoms with Crippen molar-refractivity contribution < 1.29 is 15.0 Å². The van der Waals surface area contributed by atoms with E-state index in [9.17, 15) is 15.0 Å². The molecule has 0 aromatic heterocycles. The average molecular weight is 312 g/mol. The molecule has 2 aromatic carbocycles. The third-order valence-electron chi connectivity index (χ3n) is 4.12. The maximum Gasteiger partial charge on any atom is 0.257 e. The van der Waals surface area contributed by atoms with Crippen LogP contribution in [0.1, 0.15) is 15.9 Å². The first-order chi connectivity index (χ1) is 11.1. The topological polar surface area (TPSA) is 64.0 Å². The highest BCUT2D eigenvalue weighted by atomic mass is 16.3. The summed E-state index contributed by atoms with van der Waals surface area (Å²) in [5.41, 5.74) is 1.50. The fourth-order valence-corrected chi connectivity index (χ4v) is 2.82. The summed E-state index contributed by atoms with van der Waals surface area (Å²) in [6, 6.07) is 14.3. The Morgan fingerprint density at radius 1 is 0.957 bits per heavy atom. The Labute approximate surface area is 135 Å². The van der Waals surface area contributed by atoms with Crippen LogP contribution in [0.5, 0.6) is 11.5 Å². The lowest BCUT2D eigenvalue weighted by molar-refractivity contribution is 0.0625. The van der Waals surface area contributed by atoms with Crippen molar-refractivity contribution in [3.63, 3.8) is 0 Å². The Balaban J connectivity index is 1.59. The molecule has 0 bridgehead atoms. The molecule has 120 valence electrons. The maximum atomic E-state index is 12.5. The number of aromatic hydroxyl groups is 2. The van der Waals surface area contributed by atoms with Crippen molar-refractivity contribution in [3.8, 4) is 11.5 Å². The van der Waals surface area contributed by atoms with Crippen LogP contribution >= 0.6 is 0 Å². The fourth-order valence-electron chi connectivity index (χ4n) is 2.82. The molecule has 1 heterocycles. The summed E-state index contributed by atoms with van der Waals surface area (Å²) >= 11 is 0. The molecule has 2 N–H and O–H groups in total. The van der Waals surface area contributed by atoms with Gasteiger partial charge in [0.1, 0.15) is 11.5 Å². The summed E-state index contributed by atoms with van der Waals surface area (Å²) in [5.74, 6) is -0.421. The maximum absolute atomic E-state index is 12.5. The van der Waals surface area contributed by atoms with E-state index in [0.717, 1.165) is 19.6 Å². The fraction of sp³-hybridized carbons (Fsp3) is 0.278. The Morgan fingerprint density at radius 2 is 1.65 bits per heavy atom. The molecule has 1 fully saturated rings. The van der Waals surface area contributed by atoms with Crippen LogP contribution < -0.4 is 0 Å². The second kappa shape index (κ2) is 6.71. The summed E-state index contributed by atoms with van der Waals surface area (Å²) in [6.45, 7) is 3.75. The van der Waals surface area contributed by atoms with Crippen molar-refractivity contribution in [2.24, 2.45) is 0 Å². The average Bonchev–Trinajstić information content (AvgIpc) is 2.56. The first-order valence-corrected chi connectivity index (χ1v) is 7.71. The SMILES string of the molecule is O=C(c1ccc(O)cc1O)N1CCN(Cc2ccccc2)CC1. The zero-order valence-corrected chi connectivity index (χ0v) is 12.9. The molecule has 0 radical (unpaired) electrons. The smallest absolute Gasteiger partial charge is 0.257 e. The molecule has 0 aliphatic carbocycles. The molecule has 1 amide bonds. The molecule has 5 nitrogen and oxygen atoms in total. The number of rotatable bonds is 3. The van der Waals surface area contributed by atoms with Crippen LogP contribution in [0.15, 0.2) is 48.5 Å². The number of amides is 1. The van der Waals surface area contributed by atoms with E-state index in [-0.39, 0.29) is 23.0 Å². The van der Waals surface area contributed by atoms with Gasteiger partial charge in [0.2, 0.25) is 0 Å². The van der Waals surface area contributed by atoms with E-state index in [1.165, 1.54) is 23.8 Å². The van der Waals surface area contributed by atoms with Gasteiger partial charge in [0.25, 0.3) is 5.91 Å². The van der Waals surface area contributed by atoms with Crippen LogP contribution in [0.2, 0.25) is 0 Å². The van der Waals surface area contributed by atoms with E-state index in [4.69, 9.17) is 0 Å². The number of piperazine rings is 1. The van der Waals surface area contributed by atoms with Crippen LogP contribution in [0.4, 0.5) is 0 Å². The zero-order chi connectivity index (χ0) is 16.2. The molecule has 1 aliphatic rings. The standard InChI is InChI=1S/C18H20N2O3/c21-15-6-7-16(17(22)12-15)18(23)20-10-8-19(9-11-20)13-14-4-2-1-3-5-14/h1-7,12,21-22H,8-11,13H2. The number of phenols is 2. The number of carbonyl (C=O) groups excluding carboxylic acids is 1. The lowest BCUT2D eigenvalue weighted by Crippen LogP contribution is -2.48. The van der Waals surface area contributed by atoms with Gasteiger partial charge in [0.15, 0.2) is 0 Å². The van der Waals surface area contributed by atoms with E-state index in [1.807, 2.05) is 18.2 Å². The van der Waals surface area contributed by atoms with Crippen molar-refractivity contribution in [1.29, 1.82) is 0 Å². The summed E-state index contributed by atoms with van der Waals surface area (Å²) in [4.78, 5) is 16.5. The van der Waals surface area contributed by atoms with Crippen molar-refractivity contribution in [1.82, 2.24) is 9.80 Å². The Morgan fingerprint density at radius 3 is 2.30 bits per heavy atom. The molecular formula is C18H20N2O3. The molecule has 0 unspecified atom stereocenters. The van der Waals surface area contributed by atoms with Gasteiger partial charge in [0, 0.05) is 38.8 Å². The third-order valence-corrected chi connectivity index (χ3v) is 4.12. The number of nitrogens with zero attached hydrogens (tertiary/aromatic N) is 2. The van der Waals surface area contributed by atoms with Crippen LogP contribution in [0.25, 0.3) is 0 Å². The molecular weight excluding hydrogens is 292 g/mol. The van der Waals surface area contributed by atoms with Crippen molar-refractivity contribution >= 4 is 5.91 Å². The van der Waals surface area contributed by atoms with Gasteiger partial charge in [-0.1, -0.05) is 30.3 Å². The number of phenolic OH excluding ortho intramolecular Hbond substituents is 2. The number of carbonyl (C=O) groups is 1. The Bertz CT molecular complexity index is 680. The van der Waals surface area contributed by atoms with Gasteiger partial charge < -0.3 is 15.1 Å². The number of hydrogen-bond donors (Lipinski definition) is 2. The highest BCUT2D eigenvalue weighted by molar-refractivity contribution is 5.97. The molecule has 1 aliphatic heterocycles. The zero-order valence-electron chi connectivity index (χ0n) is 12.9. The minimum Gasteiger partial charge on any atom is -0.508 e. The van der Waals surface area contributed by atoms with E-state index in [0.29, 0.717) is 13.1 Å². The van der Waals surface area contributed by atoms with Gasteiger partial charge in [-0.2, -0.15) is 0 Å². The van der Waals surface area contributed by atoms with Gasteiger partial charge >= 0.3 is 0 Å². The van der Waals surface area contributed by atoms with Gasteiger partial charge in [-0.25, -0.2) is 0 Å². The Kier molecular flexibility index (Phi) is 4.48. The Hall–Kier alpha value is -2.53. The number of hydrogen-bond acceptors (Lipinski definition) is 4. The lowest BCUT2D eigenvalue weighted by Gasteiger charge is -2.34.